The predicted octanol–water partition coefficient (Wildman–Crippen LogP) is 3.35. The second-order valence-electron chi connectivity index (χ2n) is 2.43. The summed E-state index contributed by atoms with van der Waals surface area (Å²) in [6.45, 7) is 0. The van der Waals surface area contributed by atoms with Gasteiger partial charge in [0.1, 0.15) is 0 Å². The van der Waals surface area contributed by atoms with Gasteiger partial charge in [-0.2, -0.15) is 48.4 Å². The summed E-state index contributed by atoms with van der Waals surface area (Å²) in [6, 6.07) is 0. The van der Waals surface area contributed by atoms with Crippen molar-refractivity contribution in [2.75, 3.05) is 42.3 Å². The maximum atomic E-state index is 9.78. The van der Waals surface area contributed by atoms with E-state index >= 15 is 0 Å². The number of hydrogen-bond acceptors (Lipinski definition) is 0. The van der Waals surface area contributed by atoms with Gasteiger partial charge in [0.25, 0.3) is 0 Å². The van der Waals surface area contributed by atoms with Gasteiger partial charge in [-0.3, -0.25) is 6.08 Å². The van der Waals surface area contributed by atoms with Crippen LogP contribution in [-0.2, 0) is 26.2 Å². The van der Waals surface area contributed by atoms with Crippen molar-refractivity contribution in [1.29, 1.82) is 0 Å². The molecule has 3 nitrogen and oxygen atoms in total. The Morgan fingerprint density at radius 1 is 0.944 bits per heavy atom. The Bertz CT molecular complexity index is 121. The molecule has 1 aliphatic carbocycles. The summed E-state index contributed by atoms with van der Waals surface area (Å²) < 4.78 is 19.6. The molecule has 0 fully saturated rings. The molecule has 0 spiro atoms. The van der Waals surface area contributed by atoms with E-state index in [0.29, 0.717) is 0 Å². The van der Waals surface area contributed by atoms with Gasteiger partial charge in [0, 0.05) is 0 Å². The Morgan fingerprint density at radius 2 is 1.22 bits per heavy atom. The van der Waals surface area contributed by atoms with Crippen LogP contribution in [0.25, 0.3) is 16.0 Å². The van der Waals surface area contributed by atoms with Crippen LogP contribution in [0.4, 0.5) is 7.00 Å². The molecule has 1 radical (unpaired) electrons. The summed E-state index contributed by atoms with van der Waals surface area (Å²) in [5, 5.41) is 10.5. The number of halogens is 2. The standard InChI is InChI=1S/C5H5.3C2H6N.F2GeH.Zr/c1-2-4-5-3-1;4*1-3-2;/h1-3H,4H2;3*1-2H3;3H;/q4*-1;;+4. The number of hydrogen-bond donors (Lipinski definition) is 0. The molecule has 0 saturated heterocycles. The molecule has 0 aliphatic heterocycles. The Labute approximate surface area is 138 Å². The molecule has 0 bridgehead atoms. The summed E-state index contributed by atoms with van der Waals surface area (Å²) >= 11 is -2.69. The van der Waals surface area contributed by atoms with Gasteiger partial charge in [-0.25, -0.2) is 12.2 Å². The Balaban J connectivity index is -0.0000000398. The van der Waals surface area contributed by atoms with Crippen molar-refractivity contribution in [3.63, 3.8) is 0 Å². The third-order valence-corrected chi connectivity index (χ3v) is 0.586. The zero-order valence-electron chi connectivity index (χ0n) is 12.1. The maximum Gasteiger partial charge on any atom is 4.00 e. The normalized spacial score (nSPS) is 8.89. The van der Waals surface area contributed by atoms with Gasteiger partial charge < -0.3 is 16.0 Å². The number of rotatable bonds is 0. The Hall–Kier alpha value is 0.646. The molecule has 0 aromatic carbocycles. The minimum absolute atomic E-state index is 0. The summed E-state index contributed by atoms with van der Waals surface area (Å²) in [5.74, 6) is 0. The van der Waals surface area contributed by atoms with E-state index in [1.54, 1.807) is 42.3 Å². The molecule has 1 aliphatic rings. The van der Waals surface area contributed by atoms with Crippen molar-refractivity contribution in [2.24, 2.45) is 0 Å². The van der Waals surface area contributed by atoms with Crippen molar-refractivity contribution < 1.29 is 33.2 Å². The van der Waals surface area contributed by atoms with Gasteiger partial charge in [-0.1, -0.05) is 0 Å². The molecule has 18 heavy (non-hydrogen) atoms. The van der Waals surface area contributed by atoms with Crippen LogP contribution in [0.2, 0.25) is 0 Å². The van der Waals surface area contributed by atoms with Crippen molar-refractivity contribution in [3.05, 3.63) is 40.3 Å². The van der Waals surface area contributed by atoms with E-state index in [2.05, 4.69) is 28.1 Å². The van der Waals surface area contributed by atoms with Crippen LogP contribution >= 0.6 is 0 Å². The topological polar surface area (TPSA) is 42.3 Å². The van der Waals surface area contributed by atoms with Crippen molar-refractivity contribution in [1.82, 2.24) is 0 Å². The van der Waals surface area contributed by atoms with E-state index in [4.69, 9.17) is 0 Å². The zero-order valence-corrected chi connectivity index (χ0v) is 17.0. The van der Waals surface area contributed by atoms with E-state index < -0.39 is 16.4 Å². The van der Waals surface area contributed by atoms with Crippen LogP contribution in [0.3, 0.4) is 0 Å². The summed E-state index contributed by atoms with van der Waals surface area (Å²) in [5.41, 5.74) is 0. The third kappa shape index (κ3) is 128. The van der Waals surface area contributed by atoms with Gasteiger partial charge in [0.2, 0.25) is 0 Å². The van der Waals surface area contributed by atoms with Gasteiger partial charge in [0.05, 0.1) is 0 Å². The molecule has 1 rings (SSSR count). The third-order valence-electron chi connectivity index (χ3n) is 0.586. The van der Waals surface area contributed by atoms with Crippen LogP contribution in [0.5, 0.6) is 0 Å². The van der Waals surface area contributed by atoms with Crippen LogP contribution in [0.1, 0.15) is 6.42 Å². The average Bonchev–Trinajstić information content (AvgIpc) is 2.79. The molecule has 0 heterocycles. The number of nitrogens with zero attached hydrogens (tertiary/aromatic N) is 3. The molecule has 0 unspecified atom stereocenters. The Kier molecular flexibility index (Phi) is 91.0. The summed E-state index contributed by atoms with van der Waals surface area (Å²) in [7, 11) is 10.5. The summed E-state index contributed by atoms with van der Waals surface area (Å²) in [6.07, 6.45) is 10.0. The fourth-order valence-corrected chi connectivity index (χ4v) is 0.340. The van der Waals surface area contributed by atoms with Crippen molar-refractivity contribution in [2.45, 2.75) is 6.42 Å². The first-order chi connectivity index (χ1) is 8.16. The van der Waals surface area contributed by atoms with Crippen LogP contribution in [0.15, 0.2) is 18.2 Å². The van der Waals surface area contributed by atoms with Crippen LogP contribution < -0.4 is 0 Å². The van der Waals surface area contributed by atoms with Gasteiger partial charge in [-0.15, -0.1) is 6.42 Å². The van der Waals surface area contributed by atoms with E-state index in [-0.39, 0.29) is 26.2 Å². The monoisotopic (exact) mass is 400 g/mol. The first kappa shape index (κ1) is 31.2. The second-order valence-corrected chi connectivity index (χ2v) is 2.77. The molecule has 0 atom stereocenters. The minimum Gasteiger partial charge on any atom is 4.00 e. The van der Waals surface area contributed by atoms with E-state index in [1.807, 2.05) is 12.2 Å². The molecule has 0 N–H and O–H groups in total. The molecule has 0 amide bonds. The van der Waals surface area contributed by atoms with E-state index in [1.165, 1.54) is 0 Å². The molecular formula is C11H24F2GeN3Zr. The van der Waals surface area contributed by atoms with Crippen molar-refractivity contribution >= 4 is 16.4 Å². The Morgan fingerprint density at radius 3 is 1.28 bits per heavy atom. The molecule has 0 aromatic heterocycles. The van der Waals surface area contributed by atoms with Gasteiger partial charge >= 0.3 is 49.6 Å². The first-order valence-electron chi connectivity index (χ1n) is 4.84. The average molecular weight is 400 g/mol. The van der Waals surface area contributed by atoms with E-state index in [0.717, 1.165) is 6.42 Å². The van der Waals surface area contributed by atoms with Crippen LogP contribution in [0, 0.1) is 6.08 Å². The van der Waals surface area contributed by atoms with Gasteiger partial charge in [0.15, 0.2) is 0 Å². The second kappa shape index (κ2) is 52.5. The molecule has 0 saturated carbocycles. The minimum atomic E-state index is -2.69. The van der Waals surface area contributed by atoms with Gasteiger partial charge in [-0.05, 0) is 0 Å². The van der Waals surface area contributed by atoms with Crippen molar-refractivity contribution in [3.8, 4) is 0 Å². The maximum absolute atomic E-state index is 9.78. The fraction of sp³-hybridized carbons (Fsp3) is 0.636. The number of allylic oxidation sites excluding steroid dienone is 4. The SMILES string of the molecule is C[N-]C.C[N-]C.C[N-]C.[C-]1=CC=CC1.[F][GeH][F].[Zr+4]. The predicted molar refractivity (Wildman–Crippen MR) is 76.6 cm³/mol. The van der Waals surface area contributed by atoms with E-state index in [9.17, 15) is 7.00 Å². The fourth-order valence-electron chi connectivity index (χ4n) is 0.340. The smallest absolute Gasteiger partial charge is 4.00 e. The molecular weight excluding hydrogens is 376 g/mol. The quantitative estimate of drug-likeness (QED) is 0.442. The first-order valence-corrected chi connectivity index (χ1v) is 6.67. The molecule has 7 heteroatoms. The largest absolute Gasteiger partial charge is 4.00 e. The van der Waals surface area contributed by atoms with Crippen LogP contribution in [-0.4, -0.2) is 58.6 Å². The zero-order chi connectivity index (χ0) is 14.4. The molecule has 105 valence electrons. The molecule has 0 aromatic rings. The summed E-state index contributed by atoms with van der Waals surface area (Å²) in [4.78, 5) is 0.